The van der Waals surface area contributed by atoms with E-state index in [0.717, 1.165) is 5.69 Å². The Kier molecular flexibility index (Phi) is 4.47. The fraction of sp³-hybridized carbons (Fsp3) is 0.462. The van der Waals surface area contributed by atoms with Crippen molar-refractivity contribution >= 4 is 11.9 Å². The number of nitrogens with zero attached hydrogens (tertiary/aromatic N) is 1. The second kappa shape index (κ2) is 5.69. The highest BCUT2D eigenvalue weighted by molar-refractivity contribution is 5.96. The van der Waals surface area contributed by atoms with Crippen molar-refractivity contribution in [2.75, 3.05) is 13.7 Å². The summed E-state index contributed by atoms with van der Waals surface area (Å²) in [5, 5.41) is 11.5. The Balaban J connectivity index is 2.82. The molecule has 1 heterocycles. The SMILES string of the molecule is COc1nc(C)ccc1C(=O)NCC(C)(C)C(=O)O. The van der Waals surface area contributed by atoms with E-state index in [1.54, 1.807) is 32.9 Å². The zero-order chi connectivity index (χ0) is 14.6. The molecule has 0 aromatic carbocycles. The first-order valence-electron chi connectivity index (χ1n) is 5.81. The number of aryl methyl sites for hydroxylation is 1. The molecule has 0 aliphatic carbocycles. The van der Waals surface area contributed by atoms with Crippen LogP contribution in [0.3, 0.4) is 0 Å². The van der Waals surface area contributed by atoms with E-state index >= 15 is 0 Å². The molecular weight excluding hydrogens is 248 g/mol. The van der Waals surface area contributed by atoms with Crippen LogP contribution in [0.15, 0.2) is 12.1 Å². The van der Waals surface area contributed by atoms with Crippen molar-refractivity contribution in [3.63, 3.8) is 0 Å². The van der Waals surface area contributed by atoms with Crippen LogP contribution in [-0.2, 0) is 4.79 Å². The molecule has 0 fully saturated rings. The van der Waals surface area contributed by atoms with E-state index in [4.69, 9.17) is 9.84 Å². The first kappa shape index (κ1) is 14.9. The maximum absolute atomic E-state index is 12.0. The van der Waals surface area contributed by atoms with Crippen LogP contribution in [0.4, 0.5) is 0 Å². The van der Waals surface area contributed by atoms with Gasteiger partial charge in [-0.15, -0.1) is 0 Å². The Labute approximate surface area is 111 Å². The summed E-state index contributed by atoms with van der Waals surface area (Å²) in [6.45, 7) is 4.90. The van der Waals surface area contributed by atoms with Crippen LogP contribution >= 0.6 is 0 Å². The zero-order valence-corrected chi connectivity index (χ0v) is 11.5. The molecule has 0 aliphatic rings. The minimum absolute atomic E-state index is 0.0260. The molecule has 0 saturated heterocycles. The number of nitrogens with one attached hydrogen (secondary N) is 1. The average molecular weight is 266 g/mol. The summed E-state index contributed by atoms with van der Waals surface area (Å²) in [7, 11) is 1.43. The number of amides is 1. The van der Waals surface area contributed by atoms with E-state index in [2.05, 4.69) is 10.3 Å². The Morgan fingerprint density at radius 1 is 1.42 bits per heavy atom. The van der Waals surface area contributed by atoms with E-state index in [-0.39, 0.29) is 18.0 Å². The van der Waals surface area contributed by atoms with Gasteiger partial charge in [-0.3, -0.25) is 9.59 Å². The van der Waals surface area contributed by atoms with Crippen molar-refractivity contribution in [3.05, 3.63) is 23.4 Å². The third-order valence-electron chi connectivity index (χ3n) is 2.71. The highest BCUT2D eigenvalue weighted by Gasteiger charge is 2.28. The maximum atomic E-state index is 12.0. The number of methoxy groups -OCH3 is 1. The molecule has 6 nitrogen and oxygen atoms in total. The standard InChI is InChI=1S/C13H18N2O4/c1-8-5-6-9(11(15-8)19-4)10(16)14-7-13(2,3)12(17)18/h5-6H,7H2,1-4H3,(H,14,16)(H,17,18). The smallest absolute Gasteiger partial charge is 0.310 e. The highest BCUT2D eigenvalue weighted by Crippen LogP contribution is 2.17. The van der Waals surface area contributed by atoms with Gasteiger partial charge in [-0.1, -0.05) is 0 Å². The largest absolute Gasteiger partial charge is 0.481 e. The molecule has 0 spiro atoms. The number of carboxylic acid groups (broad SMARTS) is 1. The van der Waals surface area contributed by atoms with Crippen LogP contribution in [0.1, 0.15) is 29.9 Å². The second-order valence-corrected chi connectivity index (χ2v) is 4.88. The quantitative estimate of drug-likeness (QED) is 0.837. The number of hydrogen-bond donors (Lipinski definition) is 2. The lowest BCUT2D eigenvalue weighted by atomic mass is 9.94. The lowest BCUT2D eigenvalue weighted by molar-refractivity contribution is -0.146. The second-order valence-electron chi connectivity index (χ2n) is 4.88. The van der Waals surface area contributed by atoms with Crippen molar-refractivity contribution in [3.8, 4) is 5.88 Å². The number of aliphatic carboxylic acids is 1. The molecule has 1 rings (SSSR count). The number of carbonyl (C=O) groups is 2. The van der Waals surface area contributed by atoms with E-state index in [1.807, 2.05) is 0 Å². The van der Waals surface area contributed by atoms with E-state index in [9.17, 15) is 9.59 Å². The summed E-state index contributed by atoms with van der Waals surface area (Å²) in [5.41, 5.74) is -0.00496. The van der Waals surface area contributed by atoms with Crippen molar-refractivity contribution in [2.45, 2.75) is 20.8 Å². The van der Waals surface area contributed by atoms with Crippen LogP contribution in [-0.4, -0.2) is 35.6 Å². The topological polar surface area (TPSA) is 88.5 Å². The number of aromatic nitrogens is 1. The predicted octanol–water partition coefficient (Wildman–Crippen LogP) is 1.24. The van der Waals surface area contributed by atoms with Gasteiger partial charge < -0.3 is 15.2 Å². The number of rotatable bonds is 5. The molecule has 1 aromatic heterocycles. The van der Waals surface area contributed by atoms with Gasteiger partial charge in [0.2, 0.25) is 5.88 Å². The number of carboxylic acids is 1. The summed E-state index contributed by atoms with van der Waals surface area (Å²) >= 11 is 0. The lowest BCUT2D eigenvalue weighted by Gasteiger charge is -2.19. The molecule has 0 bridgehead atoms. The molecule has 0 atom stereocenters. The molecule has 0 radical (unpaired) electrons. The van der Waals surface area contributed by atoms with Crippen molar-refractivity contribution < 1.29 is 19.4 Å². The lowest BCUT2D eigenvalue weighted by Crippen LogP contribution is -2.39. The average Bonchev–Trinajstić information content (AvgIpc) is 2.35. The Morgan fingerprint density at radius 3 is 2.58 bits per heavy atom. The fourth-order valence-electron chi connectivity index (χ4n) is 1.33. The fourth-order valence-corrected chi connectivity index (χ4v) is 1.33. The Morgan fingerprint density at radius 2 is 2.05 bits per heavy atom. The molecule has 0 unspecified atom stereocenters. The molecule has 0 saturated carbocycles. The molecule has 2 N–H and O–H groups in total. The zero-order valence-electron chi connectivity index (χ0n) is 11.5. The van der Waals surface area contributed by atoms with Gasteiger partial charge >= 0.3 is 5.97 Å². The molecule has 1 aromatic rings. The van der Waals surface area contributed by atoms with E-state index in [1.165, 1.54) is 7.11 Å². The Bertz CT molecular complexity index is 497. The molecule has 1 amide bonds. The summed E-state index contributed by atoms with van der Waals surface area (Å²) in [5.74, 6) is -1.15. The maximum Gasteiger partial charge on any atom is 0.310 e. The molecule has 6 heteroatoms. The first-order chi connectivity index (χ1) is 8.77. The molecule has 0 aliphatic heterocycles. The monoisotopic (exact) mass is 266 g/mol. The highest BCUT2D eigenvalue weighted by atomic mass is 16.5. The van der Waals surface area contributed by atoms with Crippen LogP contribution < -0.4 is 10.1 Å². The van der Waals surface area contributed by atoms with Crippen molar-refractivity contribution in [1.29, 1.82) is 0 Å². The van der Waals surface area contributed by atoms with Crippen molar-refractivity contribution in [2.24, 2.45) is 5.41 Å². The van der Waals surface area contributed by atoms with Gasteiger partial charge in [0, 0.05) is 12.2 Å². The van der Waals surface area contributed by atoms with Crippen molar-refractivity contribution in [1.82, 2.24) is 10.3 Å². The van der Waals surface area contributed by atoms with Crippen LogP contribution in [0.5, 0.6) is 5.88 Å². The predicted molar refractivity (Wildman–Crippen MR) is 69.3 cm³/mol. The molecular formula is C13H18N2O4. The van der Waals surface area contributed by atoms with Gasteiger partial charge in [-0.25, -0.2) is 4.98 Å². The van der Waals surface area contributed by atoms with Gasteiger partial charge in [-0.2, -0.15) is 0 Å². The van der Waals surface area contributed by atoms with E-state index < -0.39 is 17.3 Å². The number of hydrogen-bond acceptors (Lipinski definition) is 4. The van der Waals surface area contributed by atoms with E-state index in [0.29, 0.717) is 0 Å². The summed E-state index contributed by atoms with van der Waals surface area (Å²) in [6, 6.07) is 3.30. The summed E-state index contributed by atoms with van der Waals surface area (Å²) in [4.78, 5) is 27.0. The Hall–Kier alpha value is -2.11. The van der Waals surface area contributed by atoms with Gasteiger partial charge in [0.1, 0.15) is 5.56 Å². The third kappa shape index (κ3) is 3.67. The van der Waals surface area contributed by atoms with Gasteiger partial charge in [-0.05, 0) is 32.9 Å². The van der Waals surface area contributed by atoms with Crippen LogP contribution in [0.25, 0.3) is 0 Å². The number of pyridine rings is 1. The minimum Gasteiger partial charge on any atom is -0.481 e. The van der Waals surface area contributed by atoms with Gasteiger partial charge in [0.05, 0.1) is 12.5 Å². The van der Waals surface area contributed by atoms with Crippen LogP contribution in [0, 0.1) is 12.3 Å². The molecule has 104 valence electrons. The first-order valence-corrected chi connectivity index (χ1v) is 5.81. The minimum atomic E-state index is -1.03. The van der Waals surface area contributed by atoms with Crippen LogP contribution in [0.2, 0.25) is 0 Å². The summed E-state index contributed by atoms with van der Waals surface area (Å²) < 4.78 is 5.04. The molecule has 19 heavy (non-hydrogen) atoms. The third-order valence-corrected chi connectivity index (χ3v) is 2.71. The summed E-state index contributed by atoms with van der Waals surface area (Å²) in [6.07, 6.45) is 0. The van der Waals surface area contributed by atoms with Gasteiger partial charge in [0.25, 0.3) is 5.91 Å². The van der Waals surface area contributed by atoms with Gasteiger partial charge in [0.15, 0.2) is 0 Å². The number of ether oxygens (including phenoxy) is 1. The number of carbonyl (C=O) groups excluding carboxylic acids is 1. The normalized spacial score (nSPS) is 10.9.